The molecule has 124 valence electrons. The summed E-state index contributed by atoms with van der Waals surface area (Å²) < 4.78 is 5.05. The second-order valence-electron chi connectivity index (χ2n) is 4.94. The van der Waals surface area contributed by atoms with Crippen molar-refractivity contribution in [2.75, 3.05) is 5.32 Å². The van der Waals surface area contributed by atoms with Gasteiger partial charge in [-0.25, -0.2) is 4.98 Å². The molecule has 0 saturated carbocycles. The zero-order valence-corrected chi connectivity index (χ0v) is 13.0. The number of carbonyl (C=O) groups is 2. The van der Waals surface area contributed by atoms with Crippen molar-refractivity contribution < 1.29 is 14.0 Å². The molecule has 3 aromatic rings. The normalized spacial score (nSPS) is 11.0. The Labute approximate surface area is 143 Å². The SMILES string of the molecule is O=C(Nc1ccccn1)/C(=C\c1cccnc1)NC(=O)c1ccco1. The fraction of sp³-hybridized carbons (Fsp3) is 0. The van der Waals surface area contributed by atoms with E-state index in [-0.39, 0.29) is 11.5 Å². The molecule has 0 radical (unpaired) electrons. The van der Waals surface area contributed by atoms with E-state index in [1.165, 1.54) is 18.4 Å². The Balaban J connectivity index is 1.84. The molecule has 7 nitrogen and oxygen atoms in total. The summed E-state index contributed by atoms with van der Waals surface area (Å²) in [7, 11) is 0. The van der Waals surface area contributed by atoms with Gasteiger partial charge in [0, 0.05) is 18.6 Å². The first-order valence-corrected chi connectivity index (χ1v) is 7.41. The van der Waals surface area contributed by atoms with E-state index in [2.05, 4.69) is 20.6 Å². The molecule has 0 unspecified atom stereocenters. The number of anilines is 1. The van der Waals surface area contributed by atoms with E-state index in [4.69, 9.17) is 4.42 Å². The molecular formula is C18H14N4O3. The Kier molecular flexibility index (Phi) is 4.96. The zero-order valence-electron chi connectivity index (χ0n) is 13.0. The first kappa shape index (κ1) is 16.1. The van der Waals surface area contributed by atoms with Crippen LogP contribution >= 0.6 is 0 Å². The summed E-state index contributed by atoms with van der Waals surface area (Å²) >= 11 is 0. The molecule has 3 rings (SSSR count). The number of nitrogens with one attached hydrogen (secondary N) is 2. The maximum absolute atomic E-state index is 12.5. The van der Waals surface area contributed by atoms with Gasteiger partial charge in [0.05, 0.1) is 6.26 Å². The molecule has 0 aliphatic rings. The van der Waals surface area contributed by atoms with Crippen LogP contribution in [0.4, 0.5) is 5.82 Å². The topological polar surface area (TPSA) is 97.1 Å². The van der Waals surface area contributed by atoms with E-state index in [1.54, 1.807) is 55.0 Å². The van der Waals surface area contributed by atoms with Gasteiger partial charge in [-0.2, -0.15) is 0 Å². The lowest BCUT2D eigenvalue weighted by molar-refractivity contribution is -0.113. The summed E-state index contributed by atoms with van der Waals surface area (Å²) in [5.41, 5.74) is 0.702. The molecule has 0 fully saturated rings. The Morgan fingerprint density at radius 1 is 1.04 bits per heavy atom. The minimum absolute atomic E-state index is 0.0417. The van der Waals surface area contributed by atoms with Crippen molar-refractivity contribution in [3.8, 4) is 0 Å². The van der Waals surface area contributed by atoms with Crippen molar-refractivity contribution in [2.24, 2.45) is 0 Å². The van der Waals surface area contributed by atoms with Gasteiger partial charge in [0.15, 0.2) is 5.76 Å². The lowest BCUT2D eigenvalue weighted by Gasteiger charge is -2.09. The zero-order chi connectivity index (χ0) is 17.5. The third-order valence-electron chi connectivity index (χ3n) is 3.14. The molecule has 0 saturated heterocycles. The van der Waals surface area contributed by atoms with Crippen molar-refractivity contribution in [3.63, 3.8) is 0 Å². The number of rotatable bonds is 5. The van der Waals surface area contributed by atoms with Crippen LogP contribution in [0.15, 0.2) is 77.4 Å². The smallest absolute Gasteiger partial charge is 0.291 e. The van der Waals surface area contributed by atoms with E-state index in [1.807, 2.05) is 0 Å². The van der Waals surface area contributed by atoms with Crippen LogP contribution in [0.3, 0.4) is 0 Å². The van der Waals surface area contributed by atoms with Gasteiger partial charge in [0.2, 0.25) is 0 Å². The van der Waals surface area contributed by atoms with Crippen molar-refractivity contribution in [2.45, 2.75) is 0 Å². The highest BCUT2D eigenvalue weighted by Crippen LogP contribution is 2.09. The van der Waals surface area contributed by atoms with E-state index in [0.29, 0.717) is 11.4 Å². The van der Waals surface area contributed by atoms with Crippen LogP contribution in [0.5, 0.6) is 0 Å². The predicted molar refractivity (Wildman–Crippen MR) is 91.3 cm³/mol. The van der Waals surface area contributed by atoms with Gasteiger partial charge in [-0.1, -0.05) is 12.1 Å². The number of hydrogen-bond donors (Lipinski definition) is 2. The monoisotopic (exact) mass is 334 g/mol. The van der Waals surface area contributed by atoms with Crippen molar-refractivity contribution in [1.82, 2.24) is 15.3 Å². The Morgan fingerprint density at radius 3 is 2.64 bits per heavy atom. The molecule has 0 aliphatic carbocycles. The second-order valence-corrected chi connectivity index (χ2v) is 4.94. The van der Waals surface area contributed by atoms with E-state index >= 15 is 0 Å². The van der Waals surface area contributed by atoms with Crippen LogP contribution in [0.2, 0.25) is 0 Å². The molecule has 2 amide bonds. The largest absolute Gasteiger partial charge is 0.459 e. The summed E-state index contributed by atoms with van der Waals surface area (Å²) in [4.78, 5) is 32.8. The molecule has 3 heterocycles. The standard InChI is InChI=1S/C18H14N4O3/c23-17(22-16-7-1-2-9-20-16)14(11-13-5-3-8-19-12-13)21-18(24)15-6-4-10-25-15/h1-12H,(H,21,24)(H,20,22,23)/b14-11+. The van der Waals surface area contributed by atoms with Gasteiger partial charge in [-0.15, -0.1) is 0 Å². The maximum Gasteiger partial charge on any atom is 0.291 e. The number of carbonyl (C=O) groups excluding carboxylic acids is 2. The third kappa shape index (κ3) is 4.38. The number of nitrogens with zero attached hydrogens (tertiary/aromatic N) is 2. The van der Waals surface area contributed by atoms with Crippen molar-refractivity contribution in [1.29, 1.82) is 0 Å². The molecule has 0 spiro atoms. The maximum atomic E-state index is 12.5. The molecular weight excluding hydrogens is 320 g/mol. The highest BCUT2D eigenvalue weighted by atomic mass is 16.3. The van der Waals surface area contributed by atoms with Crippen molar-refractivity contribution >= 4 is 23.7 Å². The van der Waals surface area contributed by atoms with Gasteiger partial charge in [-0.3, -0.25) is 14.6 Å². The summed E-state index contributed by atoms with van der Waals surface area (Å²) in [6, 6.07) is 11.7. The van der Waals surface area contributed by atoms with Crippen LogP contribution in [0.1, 0.15) is 16.1 Å². The molecule has 2 N–H and O–H groups in total. The van der Waals surface area contributed by atoms with Crippen LogP contribution in [0.25, 0.3) is 6.08 Å². The summed E-state index contributed by atoms with van der Waals surface area (Å²) in [6.45, 7) is 0. The quantitative estimate of drug-likeness (QED) is 0.699. The predicted octanol–water partition coefficient (Wildman–Crippen LogP) is 2.48. The molecule has 7 heteroatoms. The van der Waals surface area contributed by atoms with Crippen LogP contribution < -0.4 is 10.6 Å². The van der Waals surface area contributed by atoms with Crippen LogP contribution in [-0.2, 0) is 4.79 Å². The van der Waals surface area contributed by atoms with Gasteiger partial charge in [0.25, 0.3) is 11.8 Å². The Bertz CT molecular complexity index is 875. The Hall–Kier alpha value is -3.74. The molecule has 3 aromatic heterocycles. The summed E-state index contributed by atoms with van der Waals surface area (Å²) in [5.74, 6) is -0.571. The van der Waals surface area contributed by atoms with Crippen LogP contribution in [0, 0.1) is 0 Å². The molecule has 0 aliphatic heterocycles. The average molecular weight is 334 g/mol. The minimum Gasteiger partial charge on any atom is -0.459 e. The second kappa shape index (κ2) is 7.69. The van der Waals surface area contributed by atoms with E-state index in [9.17, 15) is 9.59 Å². The number of furan rings is 1. The van der Waals surface area contributed by atoms with E-state index in [0.717, 1.165) is 0 Å². The number of aromatic nitrogens is 2. The highest BCUT2D eigenvalue weighted by molar-refractivity contribution is 6.09. The highest BCUT2D eigenvalue weighted by Gasteiger charge is 2.16. The van der Waals surface area contributed by atoms with Crippen molar-refractivity contribution in [3.05, 3.63) is 84.3 Å². The van der Waals surface area contributed by atoms with Gasteiger partial charge >= 0.3 is 0 Å². The fourth-order valence-electron chi connectivity index (χ4n) is 2.00. The number of amides is 2. The van der Waals surface area contributed by atoms with Crippen LogP contribution in [-0.4, -0.2) is 21.8 Å². The fourth-order valence-corrected chi connectivity index (χ4v) is 2.00. The molecule has 0 bridgehead atoms. The van der Waals surface area contributed by atoms with E-state index < -0.39 is 11.8 Å². The van der Waals surface area contributed by atoms with Gasteiger partial charge in [-0.05, 0) is 42.0 Å². The van der Waals surface area contributed by atoms with Gasteiger partial charge in [0.1, 0.15) is 11.5 Å². The minimum atomic E-state index is -0.531. The summed E-state index contributed by atoms with van der Waals surface area (Å²) in [6.07, 6.45) is 7.65. The summed E-state index contributed by atoms with van der Waals surface area (Å²) in [5, 5.41) is 5.18. The number of pyridine rings is 2. The molecule has 0 aromatic carbocycles. The lowest BCUT2D eigenvalue weighted by Crippen LogP contribution is -2.30. The molecule has 0 atom stereocenters. The first-order valence-electron chi connectivity index (χ1n) is 7.41. The van der Waals surface area contributed by atoms with Gasteiger partial charge < -0.3 is 15.1 Å². The third-order valence-corrected chi connectivity index (χ3v) is 3.14. The molecule has 25 heavy (non-hydrogen) atoms. The Morgan fingerprint density at radius 2 is 1.96 bits per heavy atom. The number of hydrogen-bond acceptors (Lipinski definition) is 5. The first-order chi connectivity index (χ1) is 12.2. The lowest BCUT2D eigenvalue weighted by atomic mass is 10.2. The average Bonchev–Trinajstić information content (AvgIpc) is 3.18.